The van der Waals surface area contributed by atoms with Gasteiger partial charge in [0.25, 0.3) is 0 Å². The lowest BCUT2D eigenvalue weighted by Gasteiger charge is -2.29. The molecular formula is C8H17BN2O2. The Balaban J connectivity index is 2.63. The minimum atomic E-state index is -1.29. The highest BCUT2D eigenvalue weighted by Crippen LogP contribution is 2.22. The fourth-order valence-electron chi connectivity index (χ4n) is 1.72. The number of hydrogen-bond donors (Lipinski definition) is 3. The summed E-state index contributed by atoms with van der Waals surface area (Å²) in [5, 5.41) is 18.2. The second-order valence-electron chi connectivity index (χ2n) is 3.60. The molecule has 1 fully saturated rings. The van der Waals surface area contributed by atoms with Gasteiger partial charge in [0.2, 0.25) is 0 Å². The van der Waals surface area contributed by atoms with Crippen LogP contribution in [0.25, 0.3) is 0 Å². The Bertz CT molecular complexity index is 197. The average Bonchev–Trinajstić information content (AvgIpc) is 2.50. The van der Waals surface area contributed by atoms with Crippen molar-refractivity contribution in [2.24, 2.45) is 5.73 Å². The number of nitrogens with two attached hydrogens (primary N) is 1. The summed E-state index contributed by atoms with van der Waals surface area (Å²) < 4.78 is 0. The Labute approximate surface area is 79.2 Å². The van der Waals surface area contributed by atoms with Crippen LogP contribution in [0.2, 0.25) is 0 Å². The van der Waals surface area contributed by atoms with E-state index >= 15 is 0 Å². The van der Waals surface area contributed by atoms with Crippen molar-refractivity contribution in [1.29, 1.82) is 0 Å². The predicted molar refractivity (Wildman–Crippen MR) is 52.7 cm³/mol. The smallest absolute Gasteiger partial charge is 0.426 e. The molecule has 1 saturated heterocycles. The maximum atomic E-state index is 9.09. The van der Waals surface area contributed by atoms with Gasteiger partial charge in [-0.15, -0.1) is 0 Å². The zero-order chi connectivity index (χ0) is 10.0. The molecular weight excluding hydrogens is 167 g/mol. The summed E-state index contributed by atoms with van der Waals surface area (Å²) in [4.78, 5) is 1.90. The topological polar surface area (TPSA) is 69.7 Å². The Kier molecular flexibility index (Phi) is 3.36. The van der Waals surface area contributed by atoms with E-state index in [1.54, 1.807) is 0 Å². The van der Waals surface area contributed by atoms with Crippen LogP contribution in [0.1, 0.15) is 19.8 Å². The van der Waals surface area contributed by atoms with Gasteiger partial charge in [-0.1, -0.05) is 6.58 Å². The van der Waals surface area contributed by atoms with Crippen LogP contribution in [0.5, 0.6) is 0 Å². The highest BCUT2D eigenvalue weighted by Gasteiger charge is 2.34. The first-order chi connectivity index (χ1) is 6.04. The van der Waals surface area contributed by atoms with E-state index < -0.39 is 7.12 Å². The quantitative estimate of drug-likeness (QED) is 0.508. The Morgan fingerprint density at radius 1 is 1.69 bits per heavy atom. The largest absolute Gasteiger partial charge is 0.475 e. The van der Waals surface area contributed by atoms with Crippen molar-refractivity contribution in [2.45, 2.75) is 31.7 Å². The number of hydrogen-bond acceptors (Lipinski definition) is 4. The summed E-state index contributed by atoms with van der Waals surface area (Å²) in [6.45, 7) is 6.52. The predicted octanol–water partition coefficient (Wildman–Crippen LogP) is -0.676. The van der Waals surface area contributed by atoms with Crippen LogP contribution in [0.3, 0.4) is 0 Å². The second kappa shape index (κ2) is 4.13. The summed E-state index contributed by atoms with van der Waals surface area (Å²) in [5.41, 5.74) is 6.46. The van der Waals surface area contributed by atoms with E-state index in [4.69, 9.17) is 15.8 Å². The van der Waals surface area contributed by atoms with Gasteiger partial charge in [-0.2, -0.15) is 0 Å². The van der Waals surface area contributed by atoms with Crippen molar-refractivity contribution in [3.05, 3.63) is 12.3 Å². The van der Waals surface area contributed by atoms with Crippen molar-refractivity contribution < 1.29 is 10.0 Å². The summed E-state index contributed by atoms with van der Waals surface area (Å²) in [5.74, 6) is -0.224. The third-order valence-electron chi connectivity index (χ3n) is 2.54. The van der Waals surface area contributed by atoms with E-state index in [1.807, 2.05) is 11.8 Å². The van der Waals surface area contributed by atoms with Crippen LogP contribution in [-0.2, 0) is 0 Å². The second-order valence-corrected chi connectivity index (χ2v) is 3.60. The van der Waals surface area contributed by atoms with Gasteiger partial charge in [-0.25, -0.2) is 0 Å². The Morgan fingerprint density at radius 2 is 2.31 bits per heavy atom. The lowest BCUT2D eigenvalue weighted by atomic mass is 9.77. The van der Waals surface area contributed by atoms with Crippen LogP contribution in [-0.4, -0.2) is 40.6 Å². The molecule has 0 aliphatic carbocycles. The van der Waals surface area contributed by atoms with E-state index in [0.29, 0.717) is 0 Å². The number of likely N-dealkylation sites (tertiary alicyclic amines) is 1. The van der Waals surface area contributed by atoms with Gasteiger partial charge >= 0.3 is 7.12 Å². The van der Waals surface area contributed by atoms with E-state index in [2.05, 4.69) is 6.58 Å². The minimum Gasteiger partial charge on any atom is -0.426 e. The lowest BCUT2D eigenvalue weighted by Crippen LogP contribution is -2.44. The maximum absolute atomic E-state index is 9.09. The fraction of sp³-hybridized carbons (Fsp3) is 0.750. The van der Waals surface area contributed by atoms with Crippen molar-refractivity contribution in [3.63, 3.8) is 0 Å². The third-order valence-corrected chi connectivity index (χ3v) is 2.54. The SMILES string of the molecule is C=C([C@H](C)N)N1CCC[C@H]1B(O)O. The van der Waals surface area contributed by atoms with Gasteiger partial charge in [-0.3, -0.25) is 0 Å². The zero-order valence-corrected chi connectivity index (χ0v) is 7.98. The number of rotatable bonds is 3. The molecule has 1 heterocycles. The first-order valence-electron chi connectivity index (χ1n) is 4.61. The monoisotopic (exact) mass is 184 g/mol. The molecule has 0 saturated carbocycles. The maximum Gasteiger partial charge on any atom is 0.475 e. The molecule has 13 heavy (non-hydrogen) atoms. The minimum absolute atomic E-state index is 0.126. The van der Waals surface area contributed by atoms with Crippen molar-refractivity contribution in [1.82, 2.24) is 4.90 Å². The first-order valence-corrected chi connectivity index (χ1v) is 4.61. The van der Waals surface area contributed by atoms with Gasteiger partial charge in [0.05, 0.1) is 5.94 Å². The van der Waals surface area contributed by atoms with Crippen molar-refractivity contribution >= 4 is 7.12 Å². The molecule has 0 amide bonds. The van der Waals surface area contributed by atoms with Crippen LogP contribution < -0.4 is 5.73 Å². The molecule has 0 aromatic rings. The molecule has 0 spiro atoms. The van der Waals surface area contributed by atoms with Crippen LogP contribution in [0.4, 0.5) is 0 Å². The molecule has 1 aliphatic rings. The lowest BCUT2D eigenvalue weighted by molar-refractivity contribution is 0.294. The molecule has 4 nitrogen and oxygen atoms in total. The molecule has 5 heteroatoms. The zero-order valence-electron chi connectivity index (χ0n) is 7.98. The van der Waals surface area contributed by atoms with Gasteiger partial charge in [-0.05, 0) is 19.8 Å². The normalized spacial score (nSPS) is 24.6. The van der Waals surface area contributed by atoms with Crippen molar-refractivity contribution in [2.75, 3.05) is 6.54 Å². The fourth-order valence-corrected chi connectivity index (χ4v) is 1.72. The van der Waals surface area contributed by atoms with Gasteiger partial charge in [0.1, 0.15) is 0 Å². The molecule has 74 valence electrons. The van der Waals surface area contributed by atoms with E-state index in [9.17, 15) is 0 Å². The molecule has 0 bridgehead atoms. The molecule has 4 N–H and O–H groups in total. The molecule has 0 aromatic heterocycles. The summed E-state index contributed by atoms with van der Waals surface area (Å²) in [7, 11) is -1.29. The highest BCUT2D eigenvalue weighted by atomic mass is 16.4. The molecule has 2 atom stereocenters. The molecule has 1 rings (SSSR count). The van der Waals surface area contributed by atoms with E-state index in [1.165, 1.54) is 0 Å². The molecule has 0 radical (unpaired) electrons. The number of nitrogens with zero attached hydrogens (tertiary/aromatic N) is 1. The van der Waals surface area contributed by atoms with Crippen LogP contribution in [0.15, 0.2) is 12.3 Å². The van der Waals surface area contributed by atoms with Crippen LogP contribution in [0, 0.1) is 0 Å². The van der Waals surface area contributed by atoms with Gasteiger partial charge in [0, 0.05) is 18.3 Å². The van der Waals surface area contributed by atoms with E-state index in [-0.39, 0.29) is 12.0 Å². The standard InChI is InChI=1S/C8H17BN2O2/c1-6(10)7(2)11-5-3-4-8(11)9(12)13/h6,8,12-13H,2-5,10H2,1H3/t6-,8-/m0/s1. The summed E-state index contributed by atoms with van der Waals surface area (Å²) >= 11 is 0. The Morgan fingerprint density at radius 3 is 2.77 bits per heavy atom. The first kappa shape index (κ1) is 10.6. The van der Waals surface area contributed by atoms with Crippen molar-refractivity contribution in [3.8, 4) is 0 Å². The summed E-state index contributed by atoms with van der Waals surface area (Å²) in [6, 6.07) is -0.126. The van der Waals surface area contributed by atoms with Gasteiger partial charge in [0.15, 0.2) is 0 Å². The van der Waals surface area contributed by atoms with Gasteiger partial charge < -0.3 is 20.7 Å². The molecule has 1 aliphatic heterocycles. The highest BCUT2D eigenvalue weighted by molar-refractivity contribution is 6.43. The molecule has 0 aromatic carbocycles. The summed E-state index contributed by atoms with van der Waals surface area (Å²) in [6.07, 6.45) is 1.76. The average molecular weight is 184 g/mol. The van der Waals surface area contributed by atoms with E-state index in [0.717, 1.165) is 25.1 Å². The van der Waals surface area contributed by atoms with Crippen LogP contribution >= 0.6 is 0 Å². The molecule has 0 unspecified atom stereocenters. The Hall–Kier alpha value is -0.515. The third kappa shape index (κ3) is 2.24.